The molecular weight excluding hydrogens is 254 g/mol. The van der Waals surface area contributed by atoms with Gasteiger partial charge in [-0.2, -0.15) is 0 Å². The van der Waals surface area contributed by atoms with Crippen LogP contribution in [0.1, 0.15) is 5.56 Å². The summed E-state index contributed by atoms with van der Waals surface area (Å²) in [6, 6.07) is 28.1. The molecule has 0 bridgehead atoms. The van der Waals surface area contributed by atoms with Gasteiger partial charge in [-0.3, -0.25) is 0 Å². The minimum absolute atomic E-state index is 0.828. The standard InChI is InChI=1S/C12H11N.C8H8/c13-12-9-5-4-8-11(12)10-6-2-1-3-7-10;1-2-8-6-4-3-5-7-8/h1-9H,13H2;2-7H,1H2. The van der Waals surface area contributed by atoms with Gasteiger partial charge in [0, 0.05) is 11.3 Å². The number of nitrogen functional groups attached to an aromatic ring is 1. The Balaban J connectivity index is 0.000000173. The van der Waals surface area contributed by atoms with Crippen LogP contribution in [0.2, 0.25) is 0 Å². The van der Waals surface area contributed by atoms with E-state index in [2.05, 4.69) is 18.7 Å². The molecule has 0 aliphatic rings. The number of anilines is 1. The Morgan fingerprint density at radius 1 is 0.667 bits per heavy atom. The molecule has 0 aliphatic heterocycles. The molecule has 0 aromatic heterocycles. The zero-order valence-corrected chi connectivity index (χ0v) is 11.9. The van der Waals surface area contributed by atoms with Crippen LogP contribution in [0, 0.1) is 0 Å². The van der Waals surface area contributed by atoms with Crippen molar-refractivity contribution in [1.29, 1.82) is 0 Å². The molecule has 104 valence electrons. The topological polar surface area (TPSA) is 26.0 Å². The van der Waals surface area contributed by atoms with Crippen LogP contribution in [-0.4, -0.2) is 0 Å². The highest BCUT2D eigenvalue weighted by Crippen LogP contribution is 2.24. The second kappa shape index (κ2) is 7.71. The Bertz CT molecular complexity index is 672. The summed E-state index contributed by atoms with van der Waals surface area (Å²) in [4.78, 5) is 0. The van der Waals surface area contributed by atoms with E-state index in [1.54, 1.807) is 0 Å². The van der Waals surface area contributed by atoms with Gasteiger partial charge in [0.05, 0.1) is 0 Å². The van der Waals surface area contributed by atoms with E-state index in [-0.39, 0.29) is 0 Å². The van der Waals surface area contributed by atoms with Gasteiger partial charge in [-0.25, -0.2) is 0 Å². The van der Waals surface area contributed by atoms with Crippen LogP contribution in [0.4, 0.5) is 5.69 Å². The van der Waals surface area contributed by atoms with Gasteiger partial charge in [0.25, 0.3) is 0 Å². The van der Waals surface area contributed by atoms with Crippen LogP contribution in [0.3, 0.4) is 0 Å². The van der Waals surface area contributed by atoms with Gasteiger partial charge in [0.15, 0.2) is 0 Å². The molecule has 0 saturated heterocycles. The second-order valence-electron chi connectivity index (χ2n) is 4.57. The van der Waals surface area contributed by atoms with Gasteiger partial charge in [0.2, 0.25) is 0 Å². The highest BCUT2D eigenvalue weighted by molar-refractivity contribution is 5.75. The number of hydrogen-bond acceptors (Lipinski definition) is 1. The number of benzene rings is 3. The Hall–Kier alpha value is -2.80. The summed E-state index contributed by atoms with van der Waals surface area (Å²) < 4.78 is 0. The van der Waals surface area contributed by atoms with Gasteiger partial charge in [-0.15, -0.1) is 0 Å². The molecule has 3 aromatic rings. The summed E-state index contributed by atoms with van der Waals surface area (Å²) in [5.41, 5.74) is 10.1. The average Bonchev–Trinajstić information content (AvgIpc) is 2.57. The molecule has 1 heteroatoms. The third-order valence-corrected chi connectivity index (χ3v) is 3.08. The maximum Gasteiger partial charge on any atom is 0.0393 e. The molecule has 1 nitrogen and oxygen atoms in total. The van der Waals surface area contributed by atoms with E-state index < -0.39 is 0 Å². The van der Waals surface area contributed by atoms with E-state index in [0.29, 0.717) is 0 Å². The summed E-state index contributed by atoms with van der Waals surface area (Å²) in [5, 5.41) is 0. The monoisotopic (exact) mass is 273 g/mol. The van der Waals surface area contributed by atoms with Crippen molar-refractivity contribution < 1.29 is 0 Å². The predicted molar refractivity (Wildman–Crippen MR) is 92.8 cm³/mol. The molecule has 3 rings (SSSR count). The first-order chi connectivity index (χ1) is 10.3. The first-order valence-electron chi connectivity index (χ1n) is 6.88. The third-order valence-electron chi connectivity index (χ3n) is 3.08. The predicted octanol–water partition coefficient (Wildman–Crippen LogP) is 5.27. The molecule has 0 amide bonds. The summed E-state index contributed by atoms with van der Waals surface area (Å²) in [7, 11) is 0. The zero-order valence-electron chi connectivity index (χ0n) is 11.9. The SMILES string of the molecule is C=Cc1ccccc1.Nc1ccccc1-c1ccccc1. The first kappa shape index (κ1) is 14.6. The Kier molecular flexibility index (Phi) is 5.36. The van der Waals surface area contributed by atoms with Crippen LogP contribution in [0.15, 0.2) is 91.5 Å². The molecule has 0 unspecified atom stereocenters. The largest absolute Gasteiger partial charge is 0.398 e. The van der Waals surface area contributed by atoms with Crippen molar-refractivity contribution in [3.05, 3.63) is 97.1 Å². The van der Waals surface area contributed by atoms with Crippen LogP contribution in [-0.2, 0) is 0 Å². The first-order valence-corrected chi connectivity index (χ1v) is 6.88. The van der Waals surface area contributed by atoms with E-state index in [0.717, 1.165) is 11.3 Å². The van der Waals surface area contributed by atoms with E-state index in [4.69, 9.17) is 5.73 Å². The normalized spacial score (nSPS) is 9.33. The van der Waals surface area contributed by atoms with E-state index >= 15 is 0 Å². The molecule has 0 atom stereocenters. The lowest BCUT2D eigenvalue weighted by atomic mass is 10.0. The smallest absolute Gasteiger partial charge is 0.0393 e. The van der Waals surface area contributed by atoms with Gasteiger partial charge in [-0.05, 0) is 17.2 Å². The summed E-state index contributed by atoms with van der Waals surface area (Å²) in [5.74, 6) is 0. The number of nitrogens with two attached hydrogens (primary N) is 1. The highest BCUT2D eigenvalue weighted by atomic mass is 14.6. The third kappa shape index (κ3) is 4.36. The zero-order chi connectivity index (χ0) is 14.9. The van der Waals surface area contributed by atoms with Crippen molar-refractivity contribution in [3.63, 3.8) is 0 Å². The average molecular weight is 273 g/mol. The van der Waals surface area contributed by atoms with Crippen molar-refractivity contribution in [1.82, 2.24) is 0 Å². The lowest BCUT2D eigenvalue weighted by molar-refractivity contribution is 1.61. The lowest BCUT2D eigenvalue weighted by Gasteiger charge is -2.03. The van der Waals surface area contributed by atoms with Crippen molar-refractivity contribution in [2.45, 2.75) is 0 Å². The fourth-order valence-electron chi connectivity index (χ4n) is 1.97. The van der Waals surface area contributed by atoms with Crippen molar-refractivity contribution >= 4 is 11.8 Å². The maximum atomic E-state index is 5.85. The van der Waals surface area contributed by atoms with E-state index in [1.807, 2.05) is 78.9 Å². The maximum absolute atomic E-state index is 5.85. The van der Waals surface area contributed by atoms with E-state index in [1.165, 1.54) is 11.1 Å². The molecule has 0 aliphatic carbocycles. The molecule has 0 saturated carbocycles. The van der Waals surface area contributed by atoms with Gasteiger partial charge >= 0.3 is 0 Å². The van der Waals surface area contributed by atoms with Crippen molar-refractivity contribution in [2.75, 3.05) is 5.73 Å². The molecule has 3 aromatic carbocycles. The fourth-order valence-corrected chi connectivity index (χ4v) is 1.97. The molecular formula is C20H19N. The summed E-state index contributed by atoms with van der Waals surface area (Å²) in [6.45, 7) is 3.63. The quantitative estimate of drug-likeness (QED) is 0.633. The van der Waals surface area contributed by atoms with Crippen LogP contribution < -0.4 is 5.73 Å². The molecule has 21 heavy (non-hydrogen) atoms. The van der Waals surface area contributed by atoms with Crippen LogP contribution in [0.5, 0.6) is 0 Å². The molecule has 0 spiro atoms. The lowest BCUT2D eigenvalue weighted by Crippen LogP contribution is -1.88. The van der Waals surface area contributed by atoms with Crippen molar-refractivity contribution in [3.8, 4) is 11.1 Å². The number of rotatable bonds is 2. The summed E-state index contributed by atoms with van der Waals surface area (Å²) >= 11 is 0. The van der Waals surface area contributed by atoms with E-state index in [9.17, 15) is 0 Å². The van der Waals surface area contributed by atoms with Gasteiger partial charge in [0.1, 0.15) is 0 Å². The Labute approximate surface area is 126 Å². The van der Waals surface area contributed by atoms with Crippen molar-refractivity contribution in [2.24, 2.45) is 0 Å². The number of para-hydroxylation sites is 1. The molecule has 0 fully saturated rings. The minimum atomic E-state index is 0.828. The van der Waals surface area contributed by atoms with Crippen LogP contribution >= 0.6 is 0 Å². The minimum Gasteiger partial charge on any atom is -0.398 e. The van der Waals surface area contributed by atoms with Crippen LogP contribution in [0.25, 0.3) is 17.2 Å². The second-order valence-corrected chi connectivity index (χ2v) is 4.57. The Morgan fingerprint density at radius 3 is 1.71 bits per heavy atom. The molecule has 0 radical (unpaired) electrons. The highest BCUT2D eigenvalue weighted by Gasteiger charge is 1.98. The summed E-state index contributed by atoms with van der Waals surface area (Å²) in [6.07, 6.45) is 1.83. The molecule has 0 heterocycles. The number of hydrogen-bond donors (Lipinski definition) is 1. The van der Waals surface area contributed by atoms with Gasteiger partial charge < -0.3 is 5.73 Å². The molecule has 2 N–H and O–H groups in total. The Morgan fingerprint density at radius 2 is 1.19 bits per heavy atom. The van der Waals surface area contributed by atoms with Gasteiger partial charge in [-0.1, -0.05) is 91.5 Å². The fraction of sp³-hybridized carbons (Fsp3) is 0.